The van der Waals surface area contributed by atoms with Crippen molar-refractivity contribution < 1.29 is 4.74 Å². The predicted molar refractivity (Wildman–Crippen MR) is 96.7 cm³/mol. The van der Waals surface area contributed by atoms with Crippen molar-refractivity contribution in [3.05, 3.63) is 70.2 Å². The fourth-order valence-electron chi connectivity index (χ4n) is 3.24. The molecule has 1 aliphatic rings. The molecule has 3 aromatic rings. The first-order chi connectivity index (χ1) is 12.7. The van der Waals surface area contributed by atoms with Crippen LogP contribution in [0.4, 0.5) is 0 Å². The van der Waals surface area contributed by atoms with Crippen LogP contribution in [0.15, 0.2) is 47.8 Å². The Balaban J connectivity index is 1.59. The molecule has 0 bridgehead atoms. The lowest BCUT2D eigenvalue weighted by Gasteiger charge is -2.28. The summed E-state index contributed by atoms with van der Waals surface area (Å²) < 4.78 is 5.39. The van der Waals surface area contributed by atoms with E-state index in [1.165, 1.54) is 0 Å². The van der Waals surface area contributed by atoms with Crippen LogP contribution in [0.25, 0.3) is 11.4 Å². The molecule has 4 rings (SSSR count). The molecule has 0 saturated carbocycles. The van der Waals surface area contributed by atoms with E-state index >= 15 is 0 Å². The quantitative estimate of drug-likeness (QED) is 0.773. The third-order valence-electron chi connectivity index (χ3n) is 4.57. The summed E-state index contributed by atoms with van der Waals surface area (Å²) in [5.74, 6) is 1.41. The molecule has 1 aliphatic heterocycles. The number of ether oxygens (including phenoxy) is 1. The summed E-state index contributed by atoms with van der Waals surface area (Å²) in [6.07, 6.45) is 7.64. The Morgan fingerprint density at radius 1 is 1.19 bits per heavy atom. The van der Waals surface area contributed by atoms with Gasteiger partial charge in [-0.25, -0.2) is 4.98 Å². The molecule has 0 spiro atoms. The van der Waals surface area contributed by atoms with E-state index in [1.54, 1.807) is 25.7 Å². The average Bonchev–Trinajstić information content (AvgIpc) is 2.69. The highest BCUT2D eigenvalue weighted by Crippen LogP contribution is 2.22. The maximum absolute atomic E-state index is 12.6. The van der Waals surface area contributed by atoms with Crippen molar-refractivity contribution >= 4 is 0 Å². The van der Waals surface area contributed by atoms with Crippen LogP contribution in [0.1, 0.15) is 16.8 Å². The zero-order chi connectivity index (χ0) is 17.9. The Morgan fingerprint density at radius 2 is 2.00 bits per heavy atom. The molecule has 0 amide bonds. The van der Waals surface area contributed by atoms with Gasteiger partial charge in [-0.15, -0.1) is 0 Å². The lowest BCUT2D eigenvalue weighted by molar-refractivity contribution is 0.238. The van der Waals surface area contributed by atoms with E-state index < -0.39 is 0 Å². The summed E-state index contributed by atoms with van der Waals surface area (Å²) in [7, 11) is 1.65. The highest BCUT2D eigenvalue weighted by atomic mass is 16.5. The fraction of sp³-hybridized carbons (Fsp3) is 0.263. The maximum atomic E-state index is 12.6. The summed E-state index contributed by atoms with van der Waals surface area (Å²) in [6, 6.07) is 5.53. The second-order valence-corrected chi connectivity index (χ2v) is 6.22. The first-order valence-corrected chi connectivity index (χ1v) is 8.46. The van der Waals surface area contributed by atoms with Gasteiger partial charge in [0.25, 0.3) is 5.56 Å². The Bertz CT molecular complexity index is 971. The third-order valence-corrected chi connectivity index (χ3v) is 4.57. The highest BCUT2D eigenvalue weighted by Gasteiger charge is 2.22. The van der Waals surface area contributed by atoms with E-state index in [-0.39, 0.29) is 5.56 Å². The molecule has 7 nitrogen and oxygen atoms in total. The van der Waals surface area contributed by atoms with Gasteiger partial charge < -0.3 is 9.72 Å². The topological polar surface area (TPSA) is 84.0 Å². The van der Waals surface area contributed by atoms with Crippen molar-refractivity contribution in [3.63, 3.8) is 0 Å². The number of rotatable bonds is 4. The Hall–Kier alpha value is -3.06. The van der Waals surface area contributed by atoms with Crippen molar-refractivity contribution in [2.45, 2.75) is 19.5 Å². The molecule has 0 aliphatic carbocycles. The minimum Gasteiger partial charge on any atom is -0.496 e. The van der Waals surface area contributed by atoms with Gasteiger partial charge >= 0.3 is 0 Å². The standard InChI is InChI=1S/C19H19N5O2/c1-26-17-4-8-21-10-14(17)11-24-9-5-16-15(12-24)19(25)23-18(22-16)13-2-6-20-7-3-13/h2-4,6-8,10H,5,9,11-12H2,1H3,(H,22,23,25). The number of fused-ring (bicyclic) bond motifs is 1. The number of aromatic nitrogens is 4. The molecule has 0 aromatic carbocycles. The van der Waals surface area contributed by atoms with Gasteiger partial charge in [0.1, 0.15) is 11.6 Å². The molecular formula is C19H19N5O2. The first kappa shape index (κ1) is 16.4. The molecule has 3 aromatic heterocycles. The van der Waals surface area contributed by atoms with Gasteiger partial charge in [0.15, 0.2) is 0 Å². The van der Waals surface area contributed by atoms with Crippen LogP contribution in [0.5, 0.6) is 5.75 Å². The summed E-state index contributed by atoms with van der Waals surface area (Å²) in [5.41, 5.74) is 3.40. The Morgan fingerprint density at radius 3 is 2.81 bits per heavy atom. The molecule has 26 heavy (non-hydrogen) atoms. The van der Waals surface area contributed by atoms with Crippen molar-refractivity contribution in [2.24, 2.45) is 0 Å². The van der Waals surface area contributed by atoms with Crippen LogP contribution in [0.2, 0.25) is 0 Å². The summed E-state index contributed by atoms with van der Waals surface area (Å²) in [4.78, 5) is 30.6. The third kappa shape index (κ3) is 3.21. The lowest BCUT2D eigenvalue weighted by Crippen LogP contribution is -2.35. The van der Waals surface area contributed by atoms with E-state index in [4.69, 9.17) is 4.74 Å². The predicted octanol–water partition coefficient (Wildman–Crippen LogP) is 1.79. The second-order valence-electron chi connectivity index (χ2n) is 6.22. The van der Waals surface area contributed by atoms with E-state index in [9.17, 15) is 4.79 Å². The molecule has 7 heteroatoms. The van der Waals surface area contributed by atoms with Gasteiger partial charge in [-0.2, -0.15) is 0 Å². The van der Waals surface area contributed by atoms with Gasteiger partial charge in [-0.3, -0.25) is 19.7 Å². The number of hydrogen-bond acceptors (Lipinski definition) is 6. The molecule has 132 valence electrons. The molecule has 0 unspecified atom stereocenters. The number of pyridine rings is 2. The zero-order valence-electron chi connectivity index (χ0n) is 14.5. The number of nitrogens with zero attached hydrogens (tertiary/aromatic N) is 4. The molecule has 0 saturated heterocycles. The number of methoxy groups -OCH3 is 1. The molecular weight excluding hydrogens is 330 g/mol. The molecule has 4 heterocycles. The number of nitrogens with one attached hydrogen (secondary N) is 1. The first-order valence-electron chi connectivity index (χ1n) is 8.46. The van der Waals surface area contributed by atoms with Crippen LogP contribution in [0.3, 0.4) is 0 Å². The van der Waals surface area contributed by atoms with Crippen molar-refractivity contribution in [1.29, 1.82) is 0 Å². The largest absolute Gasteiger partial charge is 0.496 e. The summed E-state index contributed by atoms with van der Waals surface area (Å²) in [5, 5.41) is 0. The van der Waals surface area contributed by atoms with Crippen LogP contribution < -0.4 is 10.3 Å². The van der Waals surface area contributed by atoms with Crippen molar-refractivity contribution in [3.8, 4) is 17.1 Å². The second kappa shape index (κ2) is 7.05. The molecule has 0 atom stereocenters. The summed E-state index contributed by atoms with van der Waals surface area (Å²) >= 11 is 0. The van der Waals surface area contributed by atoms with Gasteiger partial charge in [0, 0.05) is 62.0 Å². The minimum atomic E-state index is -0.0790. The van der Waals surface area contributed by atoms with Gasteiger partial charge in [-0.05, 0) is 18.2 Å². The van der Waals surface area contributed by atoms with Gasteiger partial charge in [-0.1, -0.05) is 0 Å². The average molecular weight is 349 g/mol. The van der Waals surface area contributed by atoms with Crippen molar-refractivity contribution in [1.82, 2.24) is 24.8 Å². The molecule has 0 fully saturated rings. The van der Waals surface area contributed by atoms with Crippen LogP contribution in [-0.2, 0) is 19.5 Å². The van der Waals surface area contributed by atoms with Gasteiger partial charge in [0.05, 0.1) is 18.4 Å². The lowest BCUT2D eigenvalue weighted by atomic mass is 10.1. The SMILES string of the molecule is COc1ccncc1CN1CCc2nc(-c3ccncc3)[nH]c(=O)c2C1. The fourth-order valence-corrected chi connectivity index (χ4v) is 3.24. The summed E-state index contributed by atoms with van der Waals surface area (Å²) in [6.45, 7) is 2.08. The van der Waals surface area contributed by atoms with E-state index in [0.29, 0.717) is 18.9 Å². The van der Waals surface area contributed by atoms with Crippen LogP contribution in [-0.4, -0.2) is 38.5 Å². The minimum absolute atomic E-state index is 0.0790. The number of H-pyrrole nitrogens is 1. The van der Waals surface area contributed by atoms with E-state index in [0.717, 1.165) is 41.1 Å². The Kier molecular flexibility index (Phi) is 4.45. The highest BCUT2D eigenvalue weighted by molar-refractivity contribution is 5.54. The maximum Gasteiger partial charge on any atom is 0.255 e. The number of hydrogen-bond donors (Lipinski definition) is 1. The number of aromatic amines is 1. The van der Waals surface area contributed by atoms with Crippen LogP contribution in [0, 0.1) is 0 Å². The monoisotopic (exact) mass is 349 g/mol. The Labute approximate surface area is 150 Å². The van der Waals surface area contributed by atoms with E-state index in [1.807, 2.05) is 24.4 Å². The zero-order valence-corrected chi connectivity index (χ0v) is 14.5. The van der Waals surface area contributed by atoms with Crippen LogP contribution >= 0.6 is 0 Å². The normalized spacial score (nSPS) is 14.0. The van der Waals surface area contributed by atoms with Gasteiger partial charge in [0.2, 0.25) is 0 Å². The van der Waals surface area contributed by atoms with E-state index in [2.05, 4.69) is 24.8 Å². The van der Waals surface area contributed by atoms with Crippen molar-refractivity contribution in [2.75, 3.05) is 13.7 Å². The molecule has 1 N–H and O–H groups in total. The smallest absolute Gasteiger partial charge is 0.255 e. The molecule has 0 radical (unpaired) electrons.